The van der Waals surface area contributed by atoms with Gasteiger partial charge >= 0.3 is 5.97 Å². The van der Waals surface area contributed by atoms with Crippen LogP contribution in [0.15, 0.2) is 65.2 Å². The quantitative estimate of drug-likeness (QED) is 0.271. The molecule has 33 heavy (non-hydrogen) atoms. The van der Waals surface area contributed by atoms with E-state index in [1.165, 1.54) is 4.90 Å². The number of hydrogen-bond donors (Lipinski definition) is 0. The first kappa shape index (κ1) is 21.6. The first-order valence-electron chi connectivity index (χ1n) is 10.8. The summed E-state index contributed by atoms with van der Waals surface area (Å²) in [5.41, 5.74) is 1.20. The van der Waals surface area contributed by atoms with E-state index in [0.717, 1.165) is 10.2 Å². The predicted molar refractivity (Wildman–Crippen MR) is 125 cm³/mol. The molecule has 0 bridgehead atoms. The first-order chi connectivity index (χ1) is 15.9. The number of allylic oxidation sites excluding steroid dienone is 2. The molecule has 2 aliphatic heterocycles. The van der Waals surface area contributed by atoms with Gasteiger partial charge in [0.1, 0.15) is 5.75 Å². The van der Waals surface area contributed by atoms with Crippen molar-refractivity contribution >= 4 is 51.0 Å². The zero-order chi connectivity index (χ0) is 23.1. The zero-order valence-corrected chi connectivity index (χ0v) is 19.2. The molecule has 0 spiro atoms. The van der Waals surface area contributed by atoms with Crippen LogP contribution < -0.4 is 14.5 Å². The van der Waals surface area contributed by atoms with Crippen molar-refractivity contribution in [1.82, 2.24) is 0 Å². The average Bonchev–Trinajstić information content (AvgIpc) is 3.33. The number of amides is 3. The second-order valence-electron chi connectivity index (χ2n) is 8.46. The van der Waals surface area contributed by atoms with E-state index in [1.54, 1.807) is 29.2 Å². The highest BCUT2D eigenvalue weighted by Gasteiger charge is 2.47. The topological polar surface area (TPSA) is 84.0 Å². The van der Waals surface area contributed by atoms with E-state index in [-0.39, 0.29) is 42.5 Å². The first-order valence-corrected chi connectivity index (χ1v) is 11.6. The molecule has 0 aromatic heterocycles. The fraction of sp³-hybridized carbons (Fsp3) is 0.280. The molecule has 3 atom stereocenters. The standard InChI is InChI=1S/C25H21BrN2O5/c26-16-5-7-17(8-6-16)27-14-15(13-22(27)29)25(32)33-19-11-9-18(10-12-19)28-23(30)20-3-1-2-4-21(20)24(28)31/h1-2,5-12,15,20-21H,3-4,13-14H2/t15-,20+,21+/m0/s1. The molecule has 2 aromatic rings. The van der Waals surface area contributed by atoms with Gasteiger partial charge in [0.05, 0.1) is 23.4 Å². The number of carbonyl (C=O) groups excluding carboxylic acids is 4. The van der Waals surface area contributed by atoms with E-state index in [4.69, 9.17) is 4.74 Å². The summed E-state index contributed by atoms with van der Waals surface area (Å²) in [5, 5.41) is 0. The van der Waals surface area contributed by atoms with Crippen LogP contribution in [-0.4, -0.2) is 30.2 Å². The van der Waals surface area contributed by atoms with Crippen molar-refractivity contribution in [3.8, 4) is 5.75 Å². The molecule has 8 heteroatoms. The van der Waals surface area contributed by atoms with Crippen LogP contribution in [0.3, 0.4) is 0 Å². The van der Waals surface area contributed by atoms with Gasteiger partial charge in [0, 0.05) is 23.1 Å². The van der Waals surface area contributed by atoms with E-state index < -0.39 is 11.9 Å². The Morgan fingerprint density at radius 3 is 2.03 bits per heavy atom. The van der Waals surface area contributed by atoms with Crippen molar-refractivity contribution in [2.45, 2.75) is 19.3 Å². The van der Waals surface area contributed by atoms with E-state index in [1.807, 2.05) is 36.4 Å². The van der Waals surface area contributed by atoms with Gasteiger partial charge in [-0.3, -0.25) is 24.1 Å². The molecule has 2 aromatic carbocycles. The summed E-state index contributed by atoms with van der Waals surface area (Å²) in [6.45, 7) is 0.255. The minimum atomic E-state index is -0.571. The van der Waals surface area contributed by atoms with E-state index >= 15 is 0 Å². The van der Waals surface area contributed by atoms with Gasteiger partial charge in [-0.05, 0) is 61.4 Å². The largest absolute Gasteiger partial charge is 0.426 e. The number of anilines is 2. The third-order valence-electron chi connectivity index (χ3n) is 6.42. The second kappa shape index (κ2) is 8.59. The average molecular weight is 509 g/mol. The van der Waals surface area contributed by atoms with Crippen LogP contribution in [0, 0.1) is 17.8 Å². The Hall–Kier alpha value is -3.26. The van der Waals surface area contributed by atoms with Gasteiger partial charge in [0.25, 0.3) is 0 Å². The second-order valence-corrected chi connectivity index (χ2v) is 9.38. The van der Waals surface area contributed by atoms with Gasteiger partial charge in [0.15, 0.2) is 0 Å². The highest BCUT2D eigenvalue weighted by molar-refractivity contribution is 9.10. The summed E-state index contributed by atoms with van der Waals surface area (Å²) in [5.74, 6) is -1.84. The number of benzene rings is 2. The fourth-order valence-electron chi connectivity index (χ4n) is 4.65. The predicted octanol–water partition coefficient (Wildman–Crippen LogP) is 3.86. The van der Waals surface area contributed by atoms with Crippen LogP contribution in [-0.2, 0) is 19.2 Å². The van der Waals surface area contributed by atoms with Gasteiger partial charge in [-0.2, -0.15) is 0 Å². The third kappa shape index (κ3) is 3.99. The molecule has 0 radical (unpaired) electrons. The number of ether oxygens (including phenoxy) is 1. The van der Waals surface area contributed by atoms with E-state index in [2.05, 4.69) is 15.9 Å². The molecule has 0 saturated carbocycles. The molecular weight excluding hydrogens is 488 g/mol. The van der Waals surface area contributed by atoms with Crippen molar-refractivity contribution in [3.63, 3.8) is 0 Å². The lowest BCUT2D eigenvalue weighted by atomic mass is 9.85. The monoisotopic (exact) mass is 508 g/mol. The van der Waals surface area contributed by atoms with Crippen LogP contribution in [0.2, 0.25) is 0 Å². The SMILES string of the molecule is O=C(Oc1ccc(N2C(=O)[C@@H]3CC=CC[C@H]3C2=O)cc1)[C@H]1CC(=O)N(c2ccc(Br)cc2)C1. The molecule has 5 rings (SSSR count). The Labute approximate surface area is 199 Å². The lowest BCUT2D eigenvalue weighted by Crippen LogP contribution is -2.30. The summed E-state index contributed by atoms with van der Waals surface area (Å²) >= 11 is 3.37. The maximum atomic E-state index is 12.7. The molecule has 0 unspecified atom stereocenters. The highest BCUT2D eigenvalue weighted by atomic mass is 79.9. The van der Waals surface area contributed by atoms with E-state index in [0.29, 0.717) is 24.3 Å². The van der Waals surface area contributed by atoms with Crippen LogP contribution in [0.5, 0.6) is 5.75 Å². The lowest BCUT2D eigenvalue weighted by molar-refractivity contribution is -0.139. The van der Waals surface area contributed by atoms with Crippen molar-refractivity contribution in [2.24, 2.45) is 17.8 Å². The van der Waals surface area contributed by atoms with Crippen LogP contribution in [0.25, 0.3) is 0 Å². The smallest absolute Gasteiger partial charge is 0.316 e. The van der Waals surface area contributed by atoms with Crippen molar-refractivity contribution in [2.75, 3.05) is 16.3 Å². The van der Waals surface area contributed by atoms with Gasteiger partial charge in [-0.15, -0.1) is 0 Å². The maximum absolute atomic E-state index is 12.7. The number of hydrogen-bond acceptors (Lipinski definition) is 5. The Kier molecular flexibility index (Phi) is 5.62. The number of fused-ring (bicyclic) bond motifs is 1. The van der Waals surface area contributed by atoms with Gasteiger partial charge < -0.3 is 9.64 Å². The molecule has 168 valence electrons. The Bertz CT molecular complexity index is 1130. The number of nitrogens with zero attached hydrogens (tertiary/aromatic N) is 2. The number of esters is 1. The van der Waals surface area contributed by atoms with Gasteiger partial charge in [0.2, 0.25) is 17.7 Å². The third-order valence-corrected chi connectivity index (χ3v) is 6.95. The highest BCUT2D eigenvalue weighted by Crippen LogP contribution is 2.38. The van der Waals surface area contributed by atoms with E-state index in [9.17, 15) is 19.2 Å². The molecule has 1 aliphatic carbocycles. The van der Waals surface area contributed by atoms with Crippen molar-refractivity contribution in [1.29, 1.82) is 0 Å². The van der Waals surface area contributed by atoms with Crippen LogP contribution in [0.4, 0.5) is 11.4 Å². The Morgan fingerprint density at radius 1 is 0.848 bits per heavy atom. The molecule has 3 amide bonds. The summed E-state index contributed by atoms with van der Waals surface area (Å²) in [6.07, 6.45) is 5.15. The Balaban J connectivity index is 1.24. The summed E-state index contributed by atoms with van der Waals surface area (Å²) in [6, 6.07) is 13.7. The summed E-state index contributed by atoms with van der Waals surface area (Å²) < 4.78 is 6.40. The molecule has 0 N–H and O–H groups in total. The minimum Gasteiger partial charge on any atom is -0.426 e. The molecule has 7 nitrogen and oxygen atoms in total. The van der Waals surface area contributed by atoms with Gasteiger partial charge in [-0.25, -0.2) is 0 Å². The molecular formula is C25H21BrN2O5. The van der Waals surface area contributed by atoms with Crippen LogP contribution in [0.1, 0.15) is 19.3 Å². The molecule has 2 fully saturated rings. The maximum Gasteiger partial charge on any atom is 0.316 e. The van der Waals surface area contributed by atoms with Crippen LogP contribution >= 0.6 is 15.9 Å². The van der Waals surface area contributed by atoms with Crippen molar-refractivity contribution in [3.05, 3.63) is 65.2 Å². The minimum absolute atomic E-state index is 0.0839. The number of carbonyl (C=O) groups is 4. The normalized spacial score (nSPS) is 24.4. The van der Waals surface area contributed by atoms with Crippen molar-refractivity contribution < 1.29 is 23.9 Å². The number of halogens is 1. The number of rotatable bonds is 4. The van der Waals surface area contributed by atoms with Gasteiger partial charge in [-0.1, -0.05) is 28.1 Å². The lowest BCUT2D eigenvalue weighted by Gasteiger charge is -2.17. The number of imide groups is 1. The summed E-state index contributed by atoms with van der Waals surface area (Å²) in [7, 11) is 0. The fourth-order valence-corrected chi connectivity index (χ4v) is 4.92. The molecule has 2 saturated heterocycles. The Morgan fingerprint density at radius 2 is 1.42 bits per heavy atom. The zero-order valence-electron chi connectivity index (χ0n) is 17.6. The molecule has 3 aliphatic rings. The molecule has 2 heterocycles. The summed E-state index contributed by atoms with van der Waals surface area (Å²) in [4.78, 5) is 53.4.